The Bertz CT molecular complexity index is 307. The second kappa shape index (κ2) is 5.04. The summed E-state index contributed by atoms with van der Waals surface area (Å²) in [5, 5.41) is 14.9. The number of carbonyl (C=O) groups excluding carboxylic acids is 1. The fraction of sp³-hybridized carbons (Fsp3) is 0.833. The quantitative estimate of drug-likeness (QED) is 0.664. The standard InChI is InChI=1S/C12H22N2O3/c1-11(2,13-3)9(15)14-8-12(10(16)17)6-4-5-7-12/h13H,4-8H2,1-3H3,(H,14,15)(H,16,17). The molecule has 0 aromatic heterocycles. The number of likely N-dealkylation sites (N-methyl/N-ethyl adjacent to an activating group) is 1. The van der Waals surface area contributed by atoms with Crippen molar-refractivity contribution in [3.63, 3.8) is 0 Å². The third-order valence-electron chi connectivity index (χ3n) is 3.79. The van der Waals surface area contributed by atoms with Gasteiger partial charge in [-0.2, -0.15) is 0 Å². The van der Waals surface area contributed by atoms with Crippen molar-refractivity contribution in [2.75, 3.05) is 13.6 Å². The van der Waals surface area contributed by atoms with Crippen molar-refractivity contribution in [3.05, 3.63) is 0 Å². The monoisotopic (exact) mass is 242 g/mol. The van der Waals surface area contributed by atoms with E-state index in [9.17, 15) is 14.7 Å². The molecule has 1 fully saturated rings. The van der Waals surface area contributed by atoms with Crippen LogP contribution in [0.25, 0.3) is 0 Å². The van der Waals surface area contributed by atoms with Gasteiger partial charge < -0.3 is 15.7 Å². The van der Waals surface area contributed by atoms with Gasteiger partial charge in [0.15, 0.2) is 0 Å². The molecule has 0 atom stereocenters. The summed E-state index contributed by atoms with van der Waals surface area (Å²) in [6, 6.07) is 0. The van der Waals surface area contributed by atoms with E-state index in [0.29, 0.717) is 12.8 Å². The van der Waals surface area contributed by atoms with Crippen LogP contribution in [0, 0.1) is 5.41 Å². The lowest BCUT2D eigenvalue weighted by Gasteiger charge is -2.28. The topological polar surface area (TPSA) is 78.4 Å². The van der Waals surface area contributed by atoms with Crippen LogP contribution in [0.5, 0.6) is 0 Å². The normalized spacial score (nSPS) is 19.0. The Labute approximate surface area is 102 Å². The molecule has 0 aliphatic heterocycles. The maximum Gasteiger partial charge on any atom is 0.311 e. The van der Waals surface area contributed by atoms with Gasteiger partial charge in [0.1, 0.15) is 0 Å². The van der Waals surface area contributed by atoms with Crippen molar-refractivity contribution in [1.29, 1.82) is 0 Å². The molecule has 0 aromatic carbocycles. The predicted octanol–water partition coefficient (Wildman–Crippen LogP) is 0.746. The van der Waals surface area contributed by atoms with E-state index in [1.54, 1.807) is 20.9 Å². The molecule has 0 radical (unpaired) electrons. The number of nitrogens with one attached hydrogen (secondary N) is 2. The first-order valence-electron chi connectivity index (χ1n) is 6.05. The zero-order valence-corrected chi connectivity index (χ0v) is 10.8. The second-order valence-corrected chi connectivity index (χ2v) is 5.35. The summed E-state index contributed by atoms with van der Waals surface area (Å²) in [6.45, 7) is 3.77. The summed E-state index contributed by atoms with van der Waals surface area (Å²) in [6.07, 6.45) is 3.17. The van der Waals surface area contributed by atoms with Gasteiger partial charge in [-0.25, -0.2) is 0 Å². The molecule has 0 spiro atoms. The van der Waals surface area contributed by atoms with Crippen molar-refractivity contribution in [3.8, 4) is 0 Å². The zero-order chi connectivity index (χ0) is 13.1. The second-order valence-electron chi connectivity index (χ2n) is 5.35. The zero-order valence-electron chi connectivity index (χ0n) is 10.8. The minimum atomic E-state index is -0.794. The number of amides is 1. The SMILES string of the molecule is CNC(C)(C)C(=O)NCC1(C(=O)O)CCCC1. The third-order valence-corrected chi connectivity index (χ3v) is 3.79. The van der Waals surface area contributed by atoms with Crippen molar-refractivity contribution in [2.24, 2.45) is 5.41 Å². The van der Waals surface area contributed by atoms with Gasteiger partial charge in [-0.05, 0) is 33.7 Å². The summed E-state index contributed by atoms with van der Waals surface area (Å²) >= 11 is 0. The lowest BCUT2D eigenvalue weighted by atomic mass is 9.86. The highest BCUT2D eigenvalue weighted by atomic mass is 16.4. The molecule has 1 rings (SSSR count). The van der Waals surface area contributed by atoms with E-state index in [-0.39, 0.29) is 12.5 Å². The Morgan fingerprint density at radius 1 is 1.29 bits per heavy atom. The molecule has 0 heterocycles. The number of aliphatic carboxylic acids is 1. The summed E-state index contributed by atoms with van der Waals surface area (Å²) in [4.78, 5) is 23.1. The van der Waals surface area contributed by atoms with Crippen molar-refractivity contribution in [2.45, 2.75) is 45.1 Å². The average molecular weight is 242 g/mol. The van der Waals surface area contributed by atoms with Crippen LogP contribution in [-0.2, 0) is 9.59 Å². The molecule has 3 N–H and O–H groups in total. The van der Waals surface area contributed by atoms with Crippen LogP contribution in [0.15, 0.2) is 0 Å². The molecule has 0 bridgehead atoms. The van der Waals surface area contributed by atoms with Gasteiger partial charge in [-0.3, -0.25) is 9.59 Å². The highest BCUT2D eigenvalue weighted by molar-refractivity contribution is 5.86. The van der Waals surface area contributed by atoms with E-state index in [0.717, 1.165) is 12.8 Å². The first kappa shape index (κ1) is 14.0. The molecule has 17 heavy (non-hydrogen) atoms. The lowest BCUT2D eigenvalue weighted by molar-refractivity contribution is -0.148. The first-order valence-corrected chi connectivity index (χ1v) is 6.05. The predicted molar refractivity (Wildman–Crippen MR) is 64.7 cm³/mol. The molecule has 1 aliphatic carbocycles. The highest BCUT2D eigenvalue weighted by Gasteiger charge is 2.42. The number of carboxylic acids is 1. The number of rotatable bonds is 5. The van der Waals surface area contributed by atoms with Crippen LogP contribution in [-0.4, -0.2) is 36.1 Å². The van der Waals surface area contributed by atoms with Gasteiger partial charge in [0.05, 0.1) is 11.0 Å². The molecule has 1 saturated carbocycles. The number of carbonyl (C=O) groups is 2. The molecule has 0 saturated heterocycles. The number of hydrogen-bond acceptors (Lipinski definition) is 3. The first-order chi connectivity index (χ1) is 7.84. The third kappa shape index (κ3) is 2.97. The van der Waals surface area contributed by atoms with E-state index >= 15 is 0 Å². The lowest BCUT2D eigenvalue weighted by Crippen LogP contribution is -2.53. The van der Waals surface area contributed by atoms with Crippen LogP contribution < -0.4 is 10.6 Å². The van der Waals surface area contributed by atoms with Crippen molar-refractivity contribution in [1.82, 2.24) is 10.6 Å². The molecule has 5 heteroatoms. The van der Waals surface area contributed by atoms with Gasteiger partial charge >= 0.3 is 5.97 Å². The maximum absolute atomic E-state index is 11.9. The Kier molecular flexibility index (Phi) is 4.14. The highest BCUT2D eigenvalue weighted by Crippen LogP contribution is 2.37. The van der Waals surface area contributed by atoms with Crippen LogP contribution in [0.3, 0.4) is 0 Å². The molecule has 5 nitrogen and oxygen atoms in total. The van der Waals surface area contributed by atoms with Crippen LogP contribution in [0.4, 0.5) is 0 Å². The van der Waals surface area contributed by atoms with Crippen molar-refractivity contribution < 1.29 is 14.7 Å². The molecule has 98 valence electrons. The molecule has 0 aromatic rings. The van der Waals surface area contributed by atoms with Crippen LogP contribution in [0.2, 0.25) is 0 Å². The summed E-state index contributed by atoms with van der Waals surface area (Å²) in [5.41, 5.74) is -1.42. The smallest absolute Gasteiger partial charge is 0.311 e. The Balaban J connectivity index is 2.60. The Hall–Kier alpha value is -1.10. The fourth-order valence-corrected chi connectivity index (χ4v) is 2.10. The Morgan fingerprint density at radius 2 is 1.82 bits per heavy atom. The van der Waals surface area contributed by atoms with Gasteiger partial charge in [-0.1, -0.05) is 12.8 Å². The fourth-order valence-electron chi connectivity index (χ4n) is 2.10. The molecule has 1 aliphatic rings. The summed E-state index contributed by atoms with van der Waals surface area (Å²) < 4.78 is 0. The van der Waals surface area contributed by atoms with E-state index in [1.807, 2.05) is 0 Å². The van der Waals surface area contributed by atoms with E-state index in [4.69, 9.17) is 0 Å². The van der Waals surface area contributed by atoms with Gasteiger partial charge in [0.25, 0.3) is 0 Å². The summed E-state index contributed by atoms with van der Waals surface area (Å²) in [7, 11) is 1.71. The molecular formula is C12H22N2O3. The van der Waals surface area contributed by atoms with E-state index in [2.05, 4.69) is 10.6 Å². The molecule has 0 unspecified atom stereocenters. The van der Waals surface area contributed by atoms with Crippen molar-refractivity contribution >= 4 is 11.9 Å². The minimum Gasteiger partial charge on any atom is -0.481 e. The molecular weight excluding hydrogens is 220 g/mol. The Morgan fingerprint density at radius 3 is 2.24 bits per heavy atom. The summed E-state index contributed by atoms with van der Waals surface area (Å²) in [5.74, 6) is -0.954. The van der Waals surface area contributed by atoms with Gasteiger partial charge in [0.2, 0.25) is 5.91 Å². The largest absolute Gasteiger partial charge is 0.481 e. The average Bonchev–Trinajstić information content (AvgIpc) is 2.75. The minimum absolute atomic E-state index is 0.160. The van der Waals surface area contributed by atoms with E-state index < -0.39 is 16.9 Å². The van der Waals surface area contributed by atoms with E-state index in [1.165, 1.54) is 0 Å². The van der Waals surface area contributed by atoms with Crippen LogP contribution in [0.1, 0.15) is 39.5 Å². The maximum atomic E-state index is 11.9. The van der Waals surface area contributed by atoms with Gasteiger partial charge in [-0.15, -0.1) is 0 Å². The van der Waals surface area contributed by atoms with Crippen LogP contribution >= 0.6 is 0 Å². The van der Waals surface area contributed by atoms with Gasteiger partial charge in [0, 0.05) is 6.54 Å². The number of carboxylic acid groups (broad SMARTS) is 1. The molecule has 1 amide bonds. The number of hydrogen-bond donors (Lipinski definition) is 3.